The normalized spacial score (nSPS) is 36.0. The fourth-order valence-corrected chi connectivity index (χ4v) is 4.46. The first-order valence-electron chi connectivity index (χ1n) is 6.57. The molecule has 82 valence electrons. The van der Waals surface area contributed by atoms with Crippen LogP contribution in [0, 0.1) is 5.92 Å². The van der Waals surface area contributed by atoms with Gasteiger partial charge in [0, 0.05) is 5.25 Å². The molecule has 1 heterocycles. The minimum atomic E-state index is 1.04. The van der Waals surface area contributed by atoms with E-state index in [0.717, 1.165) is 11.2 Å². The number of fused-ring (bicyclic) bond motifs is 2. The van der Waals surface area contributed by atoms with Gasteiger partial charge in [-0.15, -0.1) is 0 Å². The summed E-state index contributed by atoms with van der Waals surface area (Å²) in [5.74, 6) is 2.56. The molecule has 0 N–H and O–H groups in total. The molecule has 1 aliphatic carbocycles. The van der Waals surface area contributed by atoms with Gasteiger partial charge in [0.05, 0.1) is 0 Å². The summed E-state index contributed by atoms with van der Waals surface area (Å²) in [5.41, 5.74) is 0. The highest BCUT2D eigenvalue weighted by Crippen LogP contribution is 2.37. The Morgan fingerprint density at radius 3 is 2.14 bits per heavy atom. The average Bonchev–Trinajstić information content (AvgIpc) is 2.61. The molecule has 1 saturated carbocycles. The zero-order valence-electron chi connectivity index (χ0n) is 9.34. The minimum absolute atomic E-state index is 1.04. The van der Waals surface area contributed by atoms with Crippen molar-refractivity contribution in [1.29, 1.82) is 0 Å². The van der Waals surface area contributed by atoms with Gasteiger partial charge < -0.3 is 0 Å². The molecule has 1 aliphatic heterocycles. The van der Waals surface area contributed by atoms with Gasteiger partial charge >= 0.3 is 0 Å². The third kappa shape index (κ3) is 3.49. The van der Waals surface area contributed by atoms with E-state index in [0.29, 0.717) is 0 Å². The molecule has 2 rings (SSSR count). The zero-order chi connectivity index (χ0) is 9.64. The van der Waals surface area contributed by atoms with Gasteiger partial charge in [0.1, 0.15) is 0 Å². The zero-order valence-corrected chi connectivity index (χ0v) is 10.2. The molecule has 1 heteroatoms. The van der Waals surface area contributed by atoms with Gasteiger partial charge in [0.15, 0.2) is 0 Å². The van der Waals surface area contributed by atoms with Crippen LogP contribution in [-0.2, 0) is 0 Å². The molecule has 0 spiro atoms. The molecule has 2 fully saturated rings. The SMILES string of the molecule is C1CCCCC2CSC(CCCC1)C2. The standard InChI is InChI=1S/C13H24S/c1-2-4-6-8-12-10-13(14-11-12)9-7-5-3-1/h12-13H,1-11H2. The van der Waals surface area contributed by atoms with Crippen LogP contribution in [0.1, 0.15) is 64.2 Å². The van der Waals surface area contributed by atoms with Gasteiger partial charge in [0.25, 0.3) is 0 Å². The Balaban J connectivity index is 1.75. The Labute approximate surface area is 93.2 Å². The van der Waals surface area contributed by atoms with Crippen molar-refractivity contribution >= 4 is 11.8 Å². The lowest BCUT2D eigenvalue weighted by Crippen LogP contribution is -2.02. The summed E-state index contributed by atoms with van der Waals surface area (Å²) in [6.07, 6.45) is 15.1. The Morgan fingerprint density at radius 2 is 1.36 bits per heavy atom. The third-order valence-corrected chi connectivity index (χ3v) is 5.37. The Bertz CT molecular complexity index is 139. The van der Waals surface area contributed by atoms with Crippen LogP contribution >= 0.6 is 11.8 Å². The third-order valence-electron chi connectivity index (χ3n) is 3.80. The van der Waals surface area contributed by atoms with Crippen LogP contribution in [0.5, 0.6) is 0 Å². The van der Waals surface area contributed by atoms with E-state index in [1.54, 1.807) is 6.42 Å². The predicted octanol–water partition coefficient (Wildman–Crippen LogP) is 4.63. The maximum Gasteiger partial charge on any atom is 0.00500 e. The maximum absolute atomic E-state index is 2.27. The van der Waals surface area contributed by atoms with Crippen LogP contribution in [0.2, 0.25) is 0 Å². The number of thioether (sulfide) groups is 1. The molecular weight excluding hydrogens is 188 g/mol. The van der Waals surface area contributed by atoms with Crippen LogP contribution in [0.4, 0.5) is 0 Å². The Hall–Kier alpha value is 0.350. The van der Waals surface area contributed by atoms with Crippen molar-refractivity contribution in [3.63, 3.8) is 0 Å². The highest BCUT2D eigenvalue weighted by atomic mass is 32.2. The summed E-state index contributed by atoms with van der Waals surface area (Å²) < 4.78 is 0. The topological polar surface area (TPSA) is 0 Å². The van der Waals surface area contributed by atoms with Gasteiger partial charge in [-0.25, -0.2) is 0 Å². The lowest BCUT2D eigenvalue weighted by Gasteiger charge is -2.12. The van der Waals surface area contributed by atoms with Crippen LogP contribution in [0.3, 0.4) is 0 Å². The summed E-state index contributed by atoms with van der Waals surface area (Å²) in [6.45, 7) is 0. The number of rotatable bonds is 0. The average molecular weight is 212 g/mol. The maximum atomic E-state index is 2.27. The van der Waals surface area contributed by atoms with E-state index in [-0.39, 0.29) is 0 Å². The molecule has 0 aromatic carbocycles. The van der Waals surface area contributed by atoms with Gasteiger partial charge in [-0.3, -0.25) is 0 Å². The number of hydrogen-bond donors (Lipinski definition) is 0. The first-order chi connectivity index (χ1) is 6.95. The fraction of sp³-hybridized carbons (Fsp3) is 1.00. The van der Waals surface area contributed by atoms with E-state index in [9.17, 15) is 0 Å². The van der Waals surface area contributed by atoms with E-state index in [4.69, 9.17) is 0 Å². The summed E-state index contributed by atoms with van der Waals surface area (Å²) in [5, 5.41) is 1.04. The molecule has 0 aromatic heterocycles. The van der Waals surface area contributed by atoms with E-state index in [1.165, 1.54) is 63.5 Å². The molecule has 0 aromatic rings. The van der Waals surface area contributed by atoms with Gasteiger partial charge in [0.2, 0.25) is 0 Å². The Morgan fingerprint density at radius 1 is 0.714 bits per heavy atom. The second-order valence-electron chi connectivity index (χ2n) is 5.11. The monoisotopic (exact) mass is 212 g/mol. The highest BCUT2D eigenvalue weighted by molar-refractivity contribution is 8.00. The van der Waals surface area contributed by atoms with Gasteiger partial charge in [-0.2, -0.15) is 11.8 Å². The molecule has 0 radical (unpaired) electrons. The predicted molar refractivity (Wildman–Crippen MR) is 65.9 cm³/mol. The molecular formula is C13H24S. The van der Waals surface area contributed by atoms with Gasteiger partial charge in [-0.1, -0.05) is 44.9 Å². The van der Waals surface area contributed by atoms with E-state index in [1.807, 2.05) is 0 Å². The molecule has 1 saturated heterocycles. The first-order valence-corrected chi connectivity index (χ1v) is 7.61. The largest absolute Gasteiger partial charge is 0.158 e. The summed E-state index contributed by atoms with van der Waals surface area (Å²) in [6, 6.07) is 0. The second kappa shape index (κ2) is 6.05. The van der Waals surface area contributed by atoms with E-state index < -0.39 is 0 Å². The van der Waals surface area contributed by atoms with Crippen molar-refractivity contribution in [1.82, 2.24) is 0 Å². The minimum Gasteiger partial charge on any atom is -0.158 e. The molecule has 2 atom stereocenters. The lowest BCUT2D eigenvalue weighted by molar-refractivity contribution is 0.448. The second-order valence-corrected chi connectivity index (χ2v) is 6.44. The van der Waals surface area contributed by atoms with Crippen LogP contribution < -0.4 is 0 Å². The van der Waals surface area contributed by atoms with E-state index >= 15 is 0 Å². The van der Waals surface area contributed by atoms with Crippen LogP contribution in [-0.4, -0.2) is 11.0 Å². The van der Waals surface area contributed by atoms with Crippen molar-refractivity contribution in [2.45, 2.75) is 69.5 Å². The van der Waals surface area contributed by atoms with E-state index in [2.05, 4.69) is 11.8 Å². The summed E-state index contributed by atoms with van der Waals surface area (Å²) in [7, 11) is 0. The first kappa shape index (κ1) is 10.9. The van der Waals surface area contributed by atoms with Crippen molar-refractivity contribution in [3.05, 3.63) is 0 Å². The van der Waals surface area contributed by atoms with Crippen LogP contribution in [0.15, 0.2) is 0 Å². The highest BCUT2D eigenvalue weighted by Gasteiger charge is 2.24. The molecule has 2 bridgehead atoms. The van der Waals surface area contributed by atoms with Crippen LogP contribution in [0.25, 0.3) is 0 Å². The van der Waals surface area contributed by atoms with Crippen molar-refractivity contribution in [2.24, 2.45) is 5.92 Å². The van der Waals surface area contributed by atoms with Crippen molar-refractivity contribution in [3.8, 4) is 0 Å². The Kier molecular flexibility index (Phi) is 4.69. The smallest absolute Gasteiger partial charge is 0.00500 e. The molecule has 2 aliphatic rings. The molecule has 0 nitrogen and oxygen atoms in total. The summed E-state index contributed by atoms with van der Waals surface area (Å²) in [4.78, 5) is 0. The lowest BCUT2D eigenvalue weighted by atomic mass is 9.94. The molecule has 0 amide bonds. The summed E-state index contributed by atoms with van der Waals surface area (Å²) >= 11 is 2.27. The molecule has 2 unspecified atom stereocenters. The fourth-order valence-electron chi connectivity index (χ4n) is 2.87. The van der Waals surface area contributed by atoms with Gasteiger partial charge in [-0.05, 0) is 30.9 Å². The number of hydrogen-bond acceptors (Lipinski definition) is 1. The van der Waals surface area contributed by atoms with Crippen molar-refractivity contribution < 1.29 is 0 Å². The quantitative estimate of drug-likeness (QED) is 0.564. The van der Waals surface area contributed by atoms with Crippen molar-refractivity contribution in [2.75, 3.05) is 5.75 Å². The molecule has 14 heavy (non-hydrogen) atoms.